The van der Waals surface area contributed by atoms with Gasteiger partial charge in [0.25, 0.3) is 6.43 Å². The van der Waals surface area contributed by atoms with E-state index in [1.54, 1.807) is 0 Å². The summed E-state index contributed by atoms with van der Waals surface area (Å²) < 4.78 is 29.8. The Morgan fingerprint density at radius 3 is 2.25 bits per heavy atom. The van der Waals surface area contributed by atoms with E-state index in [0.717, 1.165) is 25.7 Å². The second-order valence-corrected chi connectivity index (χ2v) is 5.70. The van der Waals surface area contributed by atoms with Crippen LogP contribution in [0.2, 0.25) is 0 Å². The van der Waals surface area contributed by atoms with Crippen molar-refractivity contribution >= 4 is 0 Å². The van der Waals surface area contributed by atoms with Crippen molar-refractivity contribution in [1.82, 2.24) is 5.32 Å². The molecule has 1 N–H and O–H groups in total. The molecular weight excluding hydrogens is 212 g/mol. The Morgan fingerprint density at radius 1 is 1.25 bits per heavy atom. The number of rotatable bonds is 5. The Bertz CT molecular complexity index is 208. The van der Waals surface area contributed by atoms with Crippen molar-refractivity contribution in [3.63, 3.8) is 0 Å². The molecule has 4 heteroatoms. The summed E-state index contributed by atoms with van der Waals surface area (Å²) in [6.07, 6.45) is 1.57. The smallest absolute Gasteiger partial charge is 0.261 e. The molecule has 0 amide bonds. The normalized spacial score (nSPS) is 20.6. The van der Waals surface area contributed by atoms with Crippen LogP contribution in [0.1, 0.15) is 46.5 Å². The maximum absolute atomic E-state index is 12.2. The standard InChI is InChI=1S/C12H23F2NO/c1-11(2,3)15-9-12(6-4-5-7-12)16-8-10(13)14/h10,15H,4-9H2,1-3H3. The lowest BCUT2D eigenvalue weighted by molar-refractivity contribution is -0.0864. The molecule has 2 nitrogen and oxygen atoms in total. The van der Waals surface area contributed by atoms with Gasteiger partial charge < -0.3 is 10.1 Å². The zero-order valence-electron chi connectivity index (χ0n) is 10.5. The molecule has 0 aromatic carbocycles. The minimum Gasteiger partial charge on any atom is -0.368 e. The highest BCUT2D eigenvalue weighted by Crippen LogP contribution is 2.33. The van der Waals surface area contributed by atoms with Crippen molar-refractivity contribution in [3.05, 3.63) is 0 Å². The van der Waals surface area contributed by atoms with E-state index in [-0.39, 0.29) is 11.1 Å². The predicted molar refractivity (Wildman–Crippen MR) is 60.9 cm³/mol. The molecule has 0 aliphatic heterocycles. The third kappa shape index (κ3) is 4.74. The van der Waals surface area contributed by atoms with Crippen molar-refractivity contribution in [3.8, 4) is 0 Å². The van der Waals surface area contributed by atoms with Gasteiger partial charge in [0.15, 0.2) is 0 Å². The van der Waals surface area contributed by atoms with Gasteiger partial charge in [-0.1, -0.05) is 12.8 Å². The summed E-state index contributed by atoms with van der Waals surface area (Å²) in [6, 6.07) is 0. The molecule has 0 aromatic heterocycles. The highest BCUT2D eigenvalue weighted by atomic mass is 19.3. The summed E-state index contributed by atoms with van der Waals surface area (Å²) in [5.41, 5.74) is -0.354. The highest BCUT2D eigenvalue weighted by Gasteiger charge is 2.36. The third-order valence-corrected chi connectivity index (χ3v) is 2.97. The zero-order valence-corrected chi connectivity index (χ0v) is 10.5. The summed E-state index contributed by atoms with van der Waals surface area (Å²) in [7, 11) is 0. The first kappa shape index (κ1) is 13.8. The van der Waals surface area contributed by atoms with Crippen LogP contribution in [0.25, 0.3) is 0 Å². The zero-order chi connectivity index (χ0) is 12.2. The summed E-state index contributed by atoms with van der Waals surface area (Å²) in [4.78, 5) is 0. The van der Waals surface area contributed by atoms with Gasteiger partial charge in [0, 0.05) is 12.1 Å². The van der Waals surface area contributed by atoms with E-state index < -0.39 is 13.0 Å². The molecule has 1 saturated carbocycles. The van der Waals surface area contributed by atoms with Gasteiger partial charge in [-0.2, -0.15) is 0 Å². The van der Waals surface area contributed by atoms with Gasteiger partial charge in [-0.15, -0.1) is 0 Å². The molecule has 0 atom stereocenters. The second-order valence-electron chi connectivity index (χ2n) is 5.70. The van der Waals surface area contributed by atoms with Crippen LogP contribution in [-0.2, 0) is 4.74 Å². The molecule has 0 spiro atoms. The SMILES string of the molecule is CC(C)(C)NCC1(OCC(F)F)CCCC1. The highest BCUT2D eigenvalue weighted by molar-refractivity contribution is 4.90. The van der Waals surface area contributed by atoms with Crippen LogP contribution >= 0.6 is 0 Å². The molecule has 1 rings (SSSR count). The Balaban J connectivity index is 2.45. The first-order valence-electron chi connectivity index (χ1n) is 6.00. The largest absolute Gasteiger partial charge is 0.368 e. The number of nitrogens with one attached hydrogen (secondary N) is 1. The van der Waals surface area contributed by atoms with E-state index in [2.05, 4.69) is 26.1 Å². The lowest BCUT2D eigenvalue weighted by Crippen LogP contribution is -2.48. The fraction of sp³-hybridized carbons (Fsp3) is 1.00. The Hall–Kier alpha value is -0.220. The fourth-order valence-electron chi connectivity index (χ4n) is 2.06. The topological polar surface area (TPSA) is 21.3 Å². The van der Waals surface area contributed by atoms with Crippen molar-refractivity contribution in [2.45, 2.75) is 64.0 Å². The molecule has 1 aliphatic rings. The number of hydrogen-bond donors (Lipinski definition) is 1. The molecular formula is C12H23F2NO. The molecule has 0 aromatic rings. The molecule has 0 saturated heterocycles. The third-order valence-electron chi connectivity index (χ3n) is 2.97. The van der Waals surface area contributed by atoms with E-state index in [1.807, 2.05) is 0 Å². The van der Waals surface area contributed by atoms with E-state index in [0.29, 0.717) is 6.54 Å². The minimum atomic E-state index is -2.37. The van der Waals surface area contributed by atoms with Crippen molar-refractivity contribution in [1.29, 1.82) is 0 Å². The van der Waals surface area contributed by atoms with Gasteiger partial charge in [-0.3, -0.25) is 0 Å². The molecule has 0 unspecified atom stereocenters. The van der Waals surface area contributed by atoms with E-state index in [4.69, 9.17) is 4.74 Å². The number of alkyl halides is 2. The summed E-state index contributed by atoms with van der Waals surface area (Å²) in [5.74, 6) is 0. The number of ether oxygens (including phenoxy) is 1. The van der Waals surface area contributed by atoms with Crippen LogP contribution in [-0.4, -0.2) is 30.7 Å². The van der Waals surface area contributed by atoms with Crippen LogP contribution in [0, 0.1) is 0 Å². The molecule has 16 heavy (non-hydrogen) atoms. The van der Waals surface area contributed by atoms with Gasteiger partial charge in [0.05, 0.1) is 5.60 Å². The van der Waals surface area contributed by atoms with E-state index in [9.17, 15) is 8.78 Å². The molecule has 0 radical (unpaired) electrons. The van der Waals surface area contributed by atoms with Crippen LogP contribution in [0.3, 0.4) is 0 Å². The van der Waals surface area contributed by atoms with E-state index >= 15 is 0 Å². The maximum atomic E-state index is 12.2. The van der Waals surface area contributed by atoms with Gasteiger partial charge in [-0.05, 0) is 33.6 Å². The average molecular weight is 235 g/mol. The second kappa shape index (κ2) is 5.41. The molecule has 1 fully saturated rings. The predicted octanol–water partition coefficient (Wildman–Crippen LogP) is 2.97. The summed E-state index contributed by atoms with van der Waals surface area (Å²) >= 11 is 0. The Morgan fingerprint density at radius 2 is 1.81 bits per heavy atom. The van der Waals surface area contributed by atoms with Crippen LogP contribution in [0.5, 0.6) is 0 Å². The van der Waals surface area contributed by atoms with Crippen molar-refractivity contribution in [2.24, 2.45) is 0 Å². The number of halogens is 2. The lowest BCUT2D eigenvalue weighted by atomic mass is 9.99. The molecule has 96 valence electrons. The molecule has 0 bridgehead atoms. The molecule has 0 heterocycles. The summed E-state index contributed by atoms with van der Waals surface area (Å²) in [6.45, 7) is 6.45. The van der Waals surface area contributed by atoms with E-state index in [1.165, 1.54) is 0 Å². The lowest BCUT2D eigenvalue weighted by Gasteiger charge is -2.33. The van der Waals surface area contributed by atoms with Crippen LogP contribution in [0.4, 0.5) is 8.78 Å². The van der Waals surface area contributed by atoms with Crippen LogP contribution in [0.15, 0.2) is 0 Å². The number of hydrogen-bond acceptors (Lipinski definition) is 2. The van der Waals surface area contributed by atoms with Crippen molar-refractivity contribution < 1.29 is 13.5 Å². The van der Waals surface area contributed by atoms with Gasteiger partial charge in [0.1, 0.15) is 6.61 Å². The minimum absolute atomic E-state index is 0.00375. The van der Waals surface area contributed by atoms with Crippen molar-refractivity contribution in [2.75, 3.05) is 13.2 Å². The monoisotopic (exact) mass is 235 g/mol. The first-order valence-corrected chi connectivity index (χ1v) is 6.00. The van der Waals surface area contributed by atoms with Crippen LogP contribution < -0.4 is 5.32 Å². The average Bonchev–Trinajstić information content (AvgIpc) is 2.60. The molecule has 1 aliphatic carbocycles. The van der Waals surface area contributed by atoms with Gasteiger partial charge >= 0.3 is 0 Å². The quantitative estimate of drug-likeness (QED) is 0.791. The van der Waals surface area contributed by atoms with Gasteiger partial charge in [0.2, 0.25) is 0 Å². The van der Waals surface area contributed by atoms with Gasteiger partial charge in [-0.25, -0.2) is 8.78 Å². The fourth-order valence-corrected chi connectivity index (χ4v) is 2.06. The Kier molecular flexibility index (Phi) is 4.68. The maximum Gasteiger partial charge on any atom is 0.261 e. The Labute approximate surface area is 96.7 Å². The summed E-state index contributed by atoms with van der Waals surface area (Å²) in [5, 5.41) is 3.36. The first-order chi connectivity index (χ1) is 7.33.